The topological polar surface area (TPSA) is 46.5 Å². The van der Waals surface area contributed by atoms with Crippen molar-refractivity contribution in [2.24, 2.45) is 0 Å². The normalized spacial score (nSPS) is 9.89. The number of halogens is 1. The molecule has 0 radical (unpaired) electrons. The lowest BCUT2D eigenvalue weighted by Gasteiger charge is -1.90. The molecule has 0 aliphatic carbocycles. The number of carboxylic acid groups (broad SMARTS) is 1. The second-order valence-electron chi connectivity index (χ2n) is 1.20. The molecule has 9 heavy (non-hydrogen) atoms. The number of ether oxygens (including phenoxy) is 1. The van der Waals surface area contributed by atoms with Crippen LogP contribution < -0.4 is 0 Å². The van der Waals surface area contributed by atoms with E-state index in [1.807, 2.05) is 0 Å². The Hall–Kier alpha value is -1.06. The second-order valence-corrected chi connectivity index (χ2v) is 1.20. The Morgan fingerprint density at radius 3 is 2.78 bits per heavy atom. The van der Waals surface area contributed by atoms with Gasteiger partial charge in [0.2, 0.25) is 0 Å². The molecule has 0 heterocycles. The third-order valence-electron chi connectivity index (χ3n) is 0.559. The molecule has 0 bridgehead atoms. The second kappa shape index (κ2) is 5.08. The Kier molecular flexibility index (Phi) is 4.49. The van der Waals surface area contributed by atoms with Gasteiger partial charge in [-0.2, -0.15) is 0 Å². The predicted molar refractivity (Wildman–Crippen MR) is 29.1 cm³/mol. The number of rotatable bonds is 3. The van der Waals surface area contributed by atoms with Gasteiger partial charge in [0.1, 0.15) is 13.3 Å². The maximum absolute atomic E-state index is 11.2. The molecule has 0 aliphatic heterocycles. The van der Waals surface area contributed by atoms with Gasteiger partial charge < -0.3 is 9.84 Å². The number of allylic oxidation sites excluding steroid dienone is 1. The fourth-order valence-electron chi connectivity index (χ4n) is 0.250. The summed E-state index contributed by atoms with van der Waals surface area (Å²) in [5.41, 5.74) is 0. The largest absolute Gasteiger partial charge is 0.506 e. The molecule has 0 fully saturated rings. The van der Waals surface area contributed by atoms with Crippen molar-refractivity contribution in [3.8, 4) is 0 Å². The fraction of sp³-hybridized carbons (Fsp3) is 0.400. The third kappa shape index (κ3) is 6.94. The quantitative estimate of drug-likeness (QED) is 0.466. The molecule has 0 saturated heterocycles. The van der Waals surface area contributed by atoms with Crippen molar-refractivity contribution in [1.29, 1.82) is 0 Å². The van der Waals surface area contributed by atoms with Crippen molar-refractivity contribution in [2.75, 3.05) is 13.3 Å². The van der Waals surface area contributed by atoms with Gasteiger partial charge in [0, 0.05) is 0 Å². The van der Waals surface area contributed by atoms with Crippen molar-refractivity contribution in [2.45, 2.75) is 0 Å². The van der Waals surface area contributed by atoms with Crippen LogP contribution in [0.4, 0.5) is 9.18 Å². The van der Waals surface area contributed by atoms with Gasteiger partial charge in [0.05, 0.1) is 0 Å². The summed E-state index contributed by atoms with van der Waals surface area (Å²) in [6.07, 6.45) is 1.13. The van der Waals surface area contributed by atoms with E-state index >= 15 is 0 Å². The van der Waals surface area contributed by atoms with E-state index in [2.05, 4.69) is 4.74 Å². The Labute approximate surface area is 51.7 Å². The van der Waals surface area contributed by atoms with Crippen molar-refractivity contribution in [1.82, 2.24) is 0 Å². The molecule has 0 spiro atoms. The van der Waals surface area contributed by atoms with Crippen LogP contribution in [0.5, 0.6) is 0 Å². The highest BCUT2D eigenvalue weighted by atomic mass is 19.1. The van der Waals surface area contributed by atoms with Gasteiger partial charge in [0.15, 0.2) is 0 Å². The van der Waals surface area contributed by atoms with Crippen LogP contribution in [0.25, 0.3) is 0 Å². The fourth-order valence-corrected chi connectivity index (χ4v) is 0.250. The van der Waals surface area contributed by atoms with Crippen molar-refractivity contribution >= 4 is 6.16 Å². The first-order chi connectivity index (χ1) is 4.27. The van der Waals surface area contributed by atoms with Crippen LogP contribution in [0.2, 0.25) is 0 Å². The summed E-state index contributed by atoms with van der Waals surface area (Å²) in [5, 5.41) is 7.86. The number of hydrogen-bond acceptors (Lipinski definition) is 2. The molecule has 0 saturated carbocycles. The molecule has 0 aliphatic rings. The first-order valence-corrected chi connectivity index (χ1v) is 2.34. The van der Waals surface area contributed by atoms with Gasteiger partial charge in [-0.3, -0.25) is 0 Å². The molecular weight excluding hydrogens is 127 g/mol. The minimum Gasteiger partial charge on any atom is -0.450 e. The number of alkyl halides is 1. The van der Waals surface area contributed by atoms with Crippen LogP contribution in [0, 0.1) is 0 Å². The van der Waals surface area contributed by atoms with Gasteiger partial charge >= 0.3 is 6.16 Å². The predicted octanol–water partition coefficient (Wildman–Crippen LogP) is 1.21. The maximum atomic E-state index is 11.2. The molecule has 0 aromatic rings. The van der Waals surface area contributed by atoms with Crippen LogP contribution in [-0.2, 0) is 4.74 Å². The molecular formula is C5H7FO3. The maximum Gasteiger partial charge on any atom is 0.506 e. The zero-order valence-electron chi connectivity index (χ0n) is 4.71. The Morgan fingerprint density at radius 2 is 2.33 bits per heavy atom. The van der Waals surface area contributed by atoms with E-state index in [4.69, 9.17) is 5.11 Å². The molecule has 52 valence electrons. The third-order valence-corrected chi connectivity index (χ3v) is 0.559. The Bertz CT molecular complexity index is 111. The van der Waals surface area contributed by atoms with Crippen LogP contribution in [-0.4, -0.2) is 24.5 Å². The summed E-state index contributed by atoms with van der Waals surface area (Å²) in [5.74, 6) is 0. The van der Waals surface area contributed by atoms with Gasteiger partial charge in [-0.05, 0) is 6.08 Å². The smallest absolute Gasteiger partial charge is 0.450 e. The first-order valence-electron chi connectivity index (χ1n) is 2.34. The molecule has 1 N–H and O–H groups in total. The molecule has 0 aromatic carbocycles. The molecule has 0 atom stereocenters. The summed E-state index contributed by atoms with van der Waals surface area (Å²) >= 11 is 0. The minimum atomic E-state index is -1.35. The van der Waals surface area contributed by atoms with Crippen molar-refractivity contribution in [3.05, 3.63) is 12.2 Å². The molecule has 0 amide bonds. The lowest BCUT2D eigenvalue weighted by atomic mass is 10.5. The number of carbonyl (C=O) groups is 1. The number of hydrogen-bond donors (Lipinski definition) is 1. The van der Waals surface area contributed by atoms with Crippen LogP contribution in [0.15, 0.2) is 12.2 Å². The van der Waals surface area contributed by atoms with E-state index in [0.717, 1.165) is 0 Å². The Balaban J connectivity index is 3.09. The summed E-state index contributed by atoms with van der Waals surface area (Å²) in [6, 6.07) is 0. The lowest BCUT2D eigenvalue weighted by Crippen LogP contribution is -1.98. The van der Waals surface area contributed by atoms with E-state index in [9.17, 15) is 9.18 Å². The minimum absolute atomic E-state index is 0.0841. The Morgan fingerprint density at radius 1 is 1.67 bits per heavy atom. The summed E-state index contributed by atoms with van der Waals surface area (Å²) in [4.78, 5) is 9.61. The summed E-state index contributed by atoms with van der Waals surface area (Å²) in [6.45, 7) is -0.678. The van der Waals surface area contributed by atoms with E-state index in [1.165, 1.54) is 12.2 Å². The standard InChI is InChI=1S/C5H7FO3/c6-3-1-2-4-9-5(7)8/h1-2H,3-4H2,(H,7,8). The summed E-state index contributed by atoms with van der Waals surface area (Å²) < 4.78 is 15.2. The van der Waals surface area contributed by atoms with Crippen LogP contribution in [0.3, 0.4) is 0 Å². The monoisotopic (exact) mass is 134 g/mol. The van der Waals surface area contributed by atoms with Gasteiger partial charge in [0.25, 0.3) is 0 Å². The molecule has 0 aromatic heterocycles. The molecule has 0 unspecified atom stereocenters. The molecule has 0 rings (SSSR count). The zero-order chi connectivity index (χ0) is 7.11. The highest BCUT2D eigenvalue weighted by molar-refractivity contribution is 5.56. The van der Waals surface area contributed by atoms with Gasteiger partial charge in [-0.15, -0.1) is 0 Å². The van der Waals surface area contributed by atoms with E-state index in [1.54, 1.807) is 0 Å². The van der Waals surface area contributed by atoms with Crippen LogP contribution >= 0.6 is 0 Å². The van der Waals surface area contributed by atoms with Gasteiger partial charge in [-0.25, -0.2) is 9.18 Å². The van der Waals surface area contributed by atoms with Crippen molar-refractivity contribution in [3.63, 3.8) is 0 Å². The lowest BCUT2D eigenvalue weighted by molar-refractivity contribution is 0.102. The average molecular weight is 134 g/mol. The first kappa shape index (κ1) is 7.94. The molecule has 3 nitrogen and oxygen atoms in total. The van der Waals surface area contributed by atoms with E-state index < -0.39 is 12.8 Å². The van der Waals surface area contributed by atoms with Gasteiger partial charge in [-0.1, -0.05) is 6.08 Å². The highest BCUT2D eigenvalue weighted by Crippen LogP contribution is 1.78. The average Bonchev–Trinajstić information content (AvgIpc) is 1.80. The van der Waals surface area contributed by atoms with E-state index in [-0.39, 0.29) is 6.61 Å². The van der Waals surface area contributed by atoms with E-state index in [0.29, 0.717) is 0 Å². The van der Waals surface area contributed by atoms with Crippen molar-refractivity contribution < 1.29 is 19.0 Å². The SMILES string of the molecule is O=C(O)OCC=CCF. The highest BCUT2D eigenvalue weighted by Gasteiger charge is 1.89. The summed E-state index contributed by atoms with van der Waals surface area (Å²) in [7, 11) is 0. The molecule has 4 heteroatoms. The zero-order valence-corrected chi connectivity index (χ0v) is 4.71. The van der Waals surface area contributed by atoms with Crippen LogP contribution in [0.1, 0.15) is 0 Å².